The normalized spacial score (nSPS) is 24.9. The zero-order valence-corrected chi connectivity index (χ0v) is 9.96. The lowest BCUT2D eigenvalue weighted by Gasteiger charge is -2.48. The number of hydrogen-bond donors (Lipinski definition) is 1. The monoisotopic (exact) mass is 237 g/mol. The van der Waals surface area contributed by atoms with E-state index in [9.17, 15) is 0 Å². The summed E-state index contributed by atoms with van der Waals surface area (Å²) in [6.45, 7) is 2.39. The Hall–Kier alpha value is -0.570. The smallest absolute Gasteiger partial charge is 0.0591 e. The first-order valence-electron chi connectivity index (χ1n) is 5.76. The van der Waals surface area contributed by atoms with Crippen LogP contribution in [0.1, 0.15) is 18.4 Å². The van der Waals surface area contributed by atoms with E-state index in [1.54, 1.807) is 0 Å². The van der Waals surface area contributed by atoms with Crippen molar-refractivity contribution < 1.29 is 4.74 Å². The van der Waals surface area contributed by atoms with E-state index in [1.807, 2.05) is 12.1 Å². The lowest BCUT2D eigenvalue weighted by Crippen LogP contribution is -2.55. The maximum absolute atomic E-state index is 5.95. The summed E-state index contributed by atoms with van der Waals surface area (Å²) in [5.41, 5.74) is 7.74. The maximum atomic E-state index is 5.95. The molecule has 2 N–H and O–H groups in total. The number of halogens is 1. The van der Waals surface area contributed by atoms with E-state index in [0.717, 1.165) is 24.8 Å². The molecule has 1 aliphatic heterocycles. The Balaban J connectivity index is 1.99. The Labute approximate surface area is 101 Å². The van der Waals surface area contributed by atoms with Crippen LogP contribution < -0.4 is 5.73 Å². The second-order valence-corrected chi connectivity index (χ2v) is 5.50. The van der Waals surface area contributed by atoms with Gasteiger partial charge in [-0.05, 0) is 42.5 Å². The number of nitrogens with two attached hydrogens (primary N) is 1. The second-order valence-electron chi connectivity index (χ2n) is 5.07. The van der Waals surface area contributed by atoms with Crippen LogP contribution in [0.3, 0.4) is 0 Å². The highest BCUT2D eigenvalue weighted by Crippen LogP contribution is 2.61. The summed E-state index contributed by atoms with van der Waals surface area (Å²) in [4.78, 5) is 0. The molecule has 86 valence electrons. The van der Waals surface area contributed by atoms with Crippen LogP contribution in [-0.2, 0) is 10.2 Å². The predicted molar refractivity (Wildman–Crippen MR) is 64.7 cm³/mol. The van der Waals surface area contributed by atoms with E-state index < -0.39 is 0 Å². The van der Waals surface area contributed by atoms with E-state index in [2.05, 4.69) is 12.1 Å². The Morgan fingerprint density at radius 3 is 2.19 bits per heavy atom. The van der Waals surface area contributed by atoms with Crippen LogP contribution in [0.5, 0.6) is 0 Å². The van der Waals surface area contributed by atoms with E-state index in [-0.39, 0.29) is 5.41 Å². The van der Waals surface area contributed by atoms with Crippen molar-refractivity contribution in [2.45, 2.75) is 18.3 Å². The van der Waals surface area contributed by atoms with Crippen molar-refractivity contribution >= 4 is 11.6 Å². The summed E-state index contributed by atoms with van der Waals surface area (Å²) in [6.07, 6.45) is 2.46. The minimum atomic E-state index is 0.159. The van der Waals surface area contributed by atoms with Gasteiger partial charge in [0, 0.05) is 10.4 Å². The van der Waals surface area contributed by atoms with Crippen LogP contribution in [0, 0.1) is 5.41 Å². The molecule has 1 aromatic carbocycles. The molecule has 0 atom stereocenters. The van der Waals surface area contributed by atoms with Gasteiger partial charge >= 0.3 is 0 Å². The molecule has 2 aliphatic rings. The van der Waals surface area contributed by atoms with E-state index in [0.29, 0.717) is 5.41 Å². The van der Waals surface area contributed by atoms with Gasteiger partial charge in [0.05, 0.1) is 13.2 Å². The van der Waals surface area contributed by atoms with Crippen LogP contribution in [0.2, 0.25) is 5.02 Å². The summed E-state index contributed by atoms with van der Waals surface area (Å²) in [7, 11) is 0. The first-order chi connectivity index (χ1) is 7.72. The summed E-state index contributed by atoms with van der Waals surface area (Å²) in [6, 6.07) is 8.17. The molecular formula is C13H16ClNO. The molecule has 1 saturated heterocycles. The molecule has 3 heteroatoms. The van der Waals surface area contributed by atoms with Crippen LogP contribution in [0.4, 0.5) is 0 Å². The van der Waals surface area contributed by atoms with Crippen LogP contribution >= 0.6 is 11.6 Å². The number of benzene rings is 1. The van der Waals surface area contributed by atoms with Crippen LogP contribution in [-0.4, -0.2) is 19.8 Å². The summed E-state index contributed by atoms with van der Waals surface area (Å²) in [5.74, 6) is 0. The van der Waals surface area contributed by atoms with Gasteiger partial charge in [-0.25, -0.2) is 0 Å². The van der Waals surface area contributed by atoms with E-state index in [1.165, 1.54) is 18.4 Å². The number of hydrogen-bond acceptors (Lipinski definition) is 2. The van der Waals surface area contributed by atoms with Crippen molar-refractivity contribution in [3.05, 3.63) is 34.9 Å². The molecule has 2 fully saturated rings. The van der Waals surface area contributed by atoms with Crippen molar-refractivity contribution in [3.8, 4) is 0 Å². The molecule has 1 aliphatic carbocycles. The van der Waals surface area contributed by atoms with Gasteiger partial charge < -0.3 is 10.5 Å². The van der Waals surface area contributed by atoms with Crippen molar-refractivity contribution in [1.82, 2.24) is 0 Å². The molecule has 1 aromatic rings. The number of ether oxygens (including phenoxy) is 1. The van der Waals surface area contributed by atoms with Gasteiger partial charge in [-0.3, -0.25) is 0 Å². The quantitative estimate of drug-likeness (QED) is 0.876. The predicted octanol–water partition coefficient (Wildman–Crippen LogP) is 2.35. The molecule has 1 saturated carbocycles. The average Bonchev–Trinajstić information content (AvgIpc) is 3.01. The third-order valence-electron chi connectivity index (χ3n) is 4.35. The van der Waals surface area contributed by atoms with Gasteiger partial charge in [0.25, 0.3) is 0 Å². The molecule has 0 aromatic heterocycles. The lowest BCUT2D eigenvalue weighted by atomic mass is 9.66. The Morgan fingerprint density at radius 2 is 1.81 bits per heavy atom. The van der Waals surface area contributed by atoms with Gasteiger partial charge in [0.15, 0.2) is 0 Å². The molecule has 0 radical (unpaired) electrons. The Bertz CT molecular complexity index is 393. The molecule has 0 amide bonds. The zero-order chi connectivity index (χ0) is 11.2. The minimum Gasteiger partial charge on any atom is -0.379 e. The van der Waals surface area contributed by atoms with Gasteiger partial charge in [-0.15, -0.1) is 0 Å². The third-order valence-corrected chi connectivity index (χ3v) is 4.61. The maximum Gasteiger partial charge on any atom is 0.0591 e. The van der Waals surface area contributed by atoms with Gasteiger partial charge in [0.2, 0.25) is 0 Å². The van der Waals surface area contributed by atoms with Gasteiger partial charge in [-0.1, -0.05) is 23.7 Å². The van der Waals surface area contributed by atoms with Crippen molar-refractivity contribution in [3.63, 3.8) is 0 Å². The van der Waals surface area contributed by atoms with E-state index >= 15 is 0 Å². The second kappa shape index (κ2) is 3.46. The van der Waals surface area contributed by atoms with Crippen molar-refractivity contribution in [2.75, 3.05) is 19.8 Å². The molecule has 16 heavy (non-hydrogen) atoms. The van der Waals surface area contributed by atoms with Crippen molar-refractivity contribution in [1.29, 1.82) is 0 Å². The van der Waals surface area contributed by atoms with Crippen LogP contribution in [0.25, 0.3) is 0 Å². The fraction of sp³-hybridized carbons (Fsp3) is 0.538. The molecule has 1 heterocycles. The van der Waals surface area contributed by atoms with Crippen LogP contribution in [0.15, 0.2) is 24.3 Å². The standard InChI is InChI=1S/C13H16ClNO/c14-11-3-1-10(2-4-11)13(8-16-9-13)12(7-15)5-6-12/h1-4H,5-9,15H2. The topological polar surface area (TPSA) is 35.2 Å². The fourth-order valence-corrected chi connectivity index (χ4v) is 3.01. The molecule has 0 bridgehead atoms. The van der Waals surface area contributed by atoms with Gasteiger partial charge in [0.1, 0.15) is 0 Å². The summed E-state index contributed by atoms with van der Waals surface area (Å²) in [5, 5.41) is 0.789. The largest absolute Gasteiger partial charge is 0.379 e. The molecule has 0 unspecified atom stereocenters. The minimum absolute atomic E-state index is 0.159. The first kappa shape index (κ1) is 10.6. The van der Waals surface area contributed by atoms with Crippen molar-refractivity contribution in [2.24, 2.45) is 11.1 Å². The molecule has 3 rings (SSSR count). The third kappa shape index (κ3) is 1.27. The summed E-state index contributed by atoms with van der Waals surface area (Å²) >= 11 is 5.93. The highest BCUT2D eigenvalue weighted by molar-refractivity contribution is 6.30. The number of rotatable bonds is 3. The summed E-state index contributed by atoms with van der Waals surface area (Å²) < 4.78 is 5.46. The lowest BCUT2D eigenvalue weighted by molar-refractivity contribution is -0.0972. The van der Waals surface area contributed by atoms with Gasteiger partial charge in [-0.2, -0.15) is 0 Å². The first-order valence-corrected chi connectivity index (χ1v) is 6.14. The molecule has 0 spiro atoms. The Morgan fingerprint density at radius 1 is 1.19 bits per heavy atom. The Kier molecular flexibility index (Phi) is 2.29. The molecular weight excluding hydrogens is 222 g/mol. The average molecular weight is 238 g/mol. The molecule has 2 nitrogen and oxygen atoms in total. The zero-order valence-electron chi connectivity index (χ0n) is 9.21. The van der Waals surface area contributed by atoms with E-state index in [4.69, 9.17) is 22.1 Å². The highest BCUT2D eigenvalue weighted by Gasteiger charge is 2.62. The SMILES string of the molecule is NCC1(C2(c3ccc(Cl)cc3)COC2)CC1. The fourth-order valence-electron chi connectivity index (χ4n) is 2.88. The highest BCUT2D eigenvalue weighted by atomic mass is 35.5.